The van der Waals surface area contributed by atoms with Gasteiger partial charge in [-0.25, -0.2) is 0 Å². The molecule has 2 N–H and O–H groups in total. The van der Waals surface area contributed by atoms with E-state index in [1.807, 2.05) is 13.1 Å². The molecule has 1 atom stereocenters. The van der Waals surface area contributed by atoms with Crippen LogP contribution in [0, 0.1) is 5.92 Å². The average Bonchev–Trinajstić information content (AvgIpc) is 2.44. The third kappa shape index (κ3) is 9.72. The molecule has 4 heteroatoms. The number of nitrogens with one attached hydrogen (secondary N) is 2. The van der Waals surface area contributed by atoms with Gasteiger partial charge in [0.05, 0.1) is 0 Å². The molecule has 0 radical (unpaired) electrons. The molecule has 0 amide bonds. The first-order chi connectivity index (χ1) is 9.61. The zero-order valence-electron chi connectivity index (χ0n) is 13.7. The number of benzene rings is 1. The predicted molar refractivity (Wildman–Crippen MR) is 103 cm³/mol. The van der Waals surface area contributed by atoms with Crippen LogP contribution in [0.5, 0.6) is 0 Å². The van der Waals surface area contributed by atoms with Gasteiger partial charge in [-0.05, 0) is 24.8 Å². The molecule has 1 aromatic rings. The first-order valence-electron chi connectivity index (χ1n) is 7.63. The molecule has 0 bridgehead atoms. The first-order valence-corrected chi connectivity index (χ1v) is 7.63. The van der Waals surface area contributed by atoms with Crippen molar-refractivity contribution < 1.29 is 0 Å². The van der Waals surface area contributed by atoms with E-state index in [-0.39, 0.29) is 24.0 Å². The Bertz CT molecular complexity index is 390. The van der Waals surface area contributed by atoms with Crippen LogP contribution in [0.4, 0.5) is 0 Å². The molecule has 0 aromatic heterocycles. The Labute approximate surface area is 147 Å². The van der Waals surface area contributed by atoms with Gasteiger partial charge < -0.3 is 10.6 Å². The number of nitrogens with zero attached hydrogens (tertiary/aromatic N) is 1. The SMILES string of the molecule is CN=C(NCc1ccccc1)NC(C)CCCC(C)C.I. The first kappa shape index (κ1) is 20.2. The largest absolute Gasteiger partial charge is 0.354 e. The van der Waals surface area contributed by atoms with E-state index in [4.69, 9.17) is 0 Å². The van der Waals surface area contributed by atoms with E-state index in [0.29, 0.717) is 6.04 Å². The molecule has 0 fully saturated rings. The van der Waals surface area contributed by atoms with Gasteiger partial charge in [0, 0.05) is 19.6 Å². The Morgan fingerprint density at radius 3 is 2.33 bits per heavy atom. The van der Waals surface area contributed by atoms with E-state index in [1.165, 1.54) is 24.8 Å². The second-order valence-electron chi connectivity index (χ2n) is 5.78. The van der Waals surface area contributed by atoms with Crippen molar-refractivity contribution in [1.29, 1.82) is 0 Å². The van der Waals surface area contributed by atoms with Crippen LogP contribution in [-0.4, -0.2) is 19.0 Å². The molecule has 1 rings (SSSR count). The number of rotatable bonds is 7. The van der Waals surface area contributed by atoms with Crippen LogP contribution in [0.3, 0.4) is 0 Å². The molecule has 21 heavy (non-hydrogen) atoms. The fourth-order valence-electron chi connectivity index (χ4n) is 2.11. The van der Waals surface area contributed by atoms with Crippen LogP contribution in [-0.2, 0) is 6.54 Å². The molecule has 120 valence electrons. The van der Waals surface area contributed by atoms with Crippen molar-refractivity contribution in [3.05, 3.63) is 35.9 Å². The molecular weight excluding hydrogens is 373 g/mol. The highest BCUT2D eigenvalue weighted by Crippen LogP contribution is 2.08. The molecule has 3 nitrogen and oxygen atoms in total. The lowest BCUT2D eigenvalue weighted by Crippen LogP contribution is -2.41. The van der Waals surface area contributed by atoms with Crippen molar-refractivity contribution in [2.45, 2.75) is 52.6 Å². The van der Waals surface area contributed by atoms with Crippen molar-refractivity contribution in [3.63, 3.8) is 0 Å². The quantitative estimate of drug-likeness (QED) is 0.407. The summed E-state index contributed by atoms with van der Waals surface area (Å²) in [6, 6.07) is 10.8. The summed E-state index contributed by atoms with van der Waals surface area (Å²) in [6.07, 6.45) is 3.74. The van der Waals surface area contributed by atoms with E-state index in [9.17, 15) is 0 Å². The Morgan fingerprint density at radius 2 is 1.76 bits per heavy atom. The molecular formula is C17H30IN3. The van der Waals surface area contributed by atoms with Gasteiger partial charge in [0.1, 0.15) is 0 Å². The van der Waals surface area contributed by atoms with Crippen LogP contribution in [0.2, 0.25) is 0 Å². The fourth-order valence-corrected chi connectivity index (χ4v) is 2.11. The normalized spacial score (nSPS) is 12.7. The van der Waals surface area contributed by atoms with Crippen LogP contribution < -0.4 is 10.6 Å². The van der Waals surface area contributed by atoms with Gasteiger partial charge in [-0.3, -0.25) is 4.99 Å². The third-order valence-electron chi connectivity index (χ3n) is 3.33. The van der Waals surface area contributed by atoms with Gasteiger partial charge in [0.15, 0.2) is 5.96 Å². The van der Waals surface area contributed by atoms with Gasteiger partial charge in [-0.2, -0.15) is 0 Å². The molecule has 0 aliphatic rings. The number of hydrogen-bond acceptors (Lipinski definition) is 1. The maximum atomic E-state index is 4.28. The molecule has 1 aromatic carbocycles. The van der Waals surface area contributed by atoms with E-state index in [0.717, 1.165) is 18.4 Å². The maximum absolute atomic E-state index is 4.28. The van der Waals surface area contributed by atoms with E-state index in [1.54, 1.807) is 0 Å². The smallest absolute Gasteiger partial charge is 0.191 e. The highest BCUT2D eigenvalue weighted by Gasteiger charge is 2.05. The van der Waals surface area contributed by atoms with Gasteiger partial charge in [-0.1, -0.05) is 57.0 Å². The highest BCUT2D eigenvalue weighted by atomic mass is 127. The minimum absolute atomic E-state index is 0. The maximum Gasteiger partial charge on any atom is 0.191 e. The molecule has 0 saturated heterocycles. The van der Waals surface area contributed by atoms with Gasteiger partial charge in [-0.15, -0.1) is 24.0 Å². The number of aliphatic imine (C=N–C) groups is 1. The predicted octanol–water partition coefficient (Wildman–Crippen LogP) is 4.18. The Hall–Kier alpha value is -0.780. The Morgan fingerprint density at radius 1 is 1.10 bits per heavy atom. The lowest BCUT2D eigenvalue weighted by molar-refractivity contribution is 0.491. The summed E-state index contributed by atoms with van der Waals surface area (Å²) >= 11 is 0. The van der Waals surface area contributed by atoms with Crippen molar-refractivity contribution in [1.82, 2.24) is 10.6 Å². The summed E-state index contributed by atoms with van der Waals surface area (Å²) in [5.41, 5.74) is 1.27. The lowest BCUT2D eigenvalue weighted by atomic mass is 10.0. The van der Waals surface area contributed by atoms with Crippen molar-refractivity contribution in [2.75, 3.05) is 7.05 Å². The molecule has 0 aliphatic heterocycles. The van der Waals surface area contributed by atoms with Crippen LogP contribution >= 0.6 is 24.0 Å². The van der Waals surface area contributed by atoms with Crippen molar-refractivity contribution >= 4 is 29.9 Å². The van der Waals surface area contributed by atoms with E-state index >= 15 is 0 Å². The fraction of sp³-hybridized carbons (Fsp3) is 0.588. The van der Waals surface area contributed by atoms with Crippen molar-refractivity contribution in [3.8, 4) is 0 Å². The Kier molecular flexibility index (Phi) is 11.4. The van der Waals surface area contributed by atoms with E-state index in [2.05, 4.69) is 60.7 Å². The molecule has 0 saturated carbocycles. The van der Waals surface area contributed by atoms with Crippen molar-refractivity contribution in [2.24, 2.45) is 10.9 Å². The summed E-state index contributed by atoms with van der Waals surface area (Å²) in [5, 5.41) is 6.80. The number of halogens is 1. The van der Waals surface area contributed by atoms with Gasteiger partial charge in [0.2, 0.25) is 0 Å². The minimum Gasteiger partial charge on any atom is -0.354 e. The van der Waals surface area contributed by atoms with Gasteiger partial charge in [0.25, 0.3) is 0 Å². The number of hydrogen-bond donors (Lipinski definition) is 2. The van der Waals surface area contributed by atoms with E-state index < -0.39 is 0 Å². The monoisotopic (exact) mass is 403 g/mol. The zero-order valence-corrected chi connectivity index (χ0v) is 16.1. The van der Waals surface area contributed by atoms with Gasteiger partial charge >= 0.3 is 0 Å². The summed E-state index contributed by atoms with van der Waals surface area (Å²) in [6.45, 7) is 7.58. The average molecular weight is 403 g/mol. The molecule has 1 unspecified atom stereocenters. The zero-order chi connectivity index (χ0) is 14.8. The molecule has 0 spiro atoms. The summed E-state index contributed by atoms with van der Waals surface area (Å²) in [5.74, 6) is 1.67. The second-order valence-corrected chi connectivity index (χ2v) is 5.78. The summed E-state index contributed by atoms with van der Waals surface area (Å²) in [4.78, 5) is 4.28. The second kappa shape index (κ2) is 11.8. The molecule has 0 aliphatic carbocycles. The topological polar surface area (TPSA) is 36.4 Å². The molecule has 0 heterocycles. The minimum atomic E-state index is 0. The lowest BCUT2D eigenvalue weighted by Gasteiger charge is -2.18. The third-order valence-corrected chi connectivity index (χ3v) is 3.33. The van der Waals surface area contributed by atoms with Crippen LogP contribution in [0.1, 0.15) is 45.6 Å². The highest BCUT2D eigenvalue weighted by molar-refractivity contribution is 14.0. The van der Waals surface area contributed by atoms with Crippen LogP contribution in [0.15, 0.2) is 35.3 Å². The van der Waals surface area contributed by atoms with Crippen LogP contribution in [0.25, 0.3) is 0 Å². The summed E-state index contributed by atoms with van der Waals surface area (Å²) in [7, 11) is 1.82. The standard InChI is InChI=1S/C17H29N3.HI/c1-14(2)9-8-10-15(3)20-17(18-4)19-13-16-11-6-5-7-12-16;/h5-7,11-12,14-15H,8-10,13H2,1-4H3,(H2,18,19,20);1H. The Balaban J connectivity index is 0.00000400. The number of guanidine groups is 1. The summed E-state index contributed by atoms with van der Waals surface area (Å²) < 4.78 is 0.